The average Bonchev–Trinajstić information content (AvgIpc) is 3.37. The first-order chi connectivity index (χ1) is 20.0. The van der Waals surface area contributed by atoms with Gasteiger partial charge in [0.1, 0.15) is 18.8 Å². The number of nitro groups is 1. The lowest BCUT2D eigenvalue weighted by atomic mass is 10.0. The minimum absolute atomic E-state index is 0.00836. The van der Waals surface area contributed by atoms with Crippen molar-refractivity contribution in [2.24, 2.45) is 5.92 Å². The molecule has 0 aliphatic carbocycles. The number of sulfonamides is 1. The van der Waals surface area contributed by atoms with Crippen LogP contribution in [0.4, 0.5) is 10.5 Å². The number of ether oxygens (including phenoxy) is 3. The fourth-order valence-corrected chi connectivity index (χ4v) is 6.17. The lowest BCUT2D eigenvalue weighted by Crippen LogP contribution is -2.43. The first-order valence-corrected chi connectivity index (χ1v) is 15.1. The predicted octanol–water partition coefficient (Wildman–Crippen LogP) is 3.23. The molecule has 3 rings (SSSR count). The molecule has 2 aromatic carbocycles. The molecule has 0 aromatic heterocycles. The van der Waals surface area contributed by atoms with Gasteiger partial charge in [-0.3, -0.25) is 10.1 Å². The molecule has 2 aromatic rings. The molecule has 1 aliphatic rings. The second-order valence-corrected chi connectivity index (χ2v) is 12.3. The zero-order valence-corrected chi connectivity index (χ0v) is 24.4. The molecule has 1 heterocycles. The summed E-state index contributed by atoms with van der Waals surface area (Å²) >= 11 is 0. The smallest absolute Gasteiger partial charge is 0.407 e. The number of hydrogen-bond acceptors (Lipinski definition) is 9. The zero-order chi connectivity index (χ0) is 30.7. The van der Waals surface area contributed by atoms with Gasteiger partial charge in [-0.15, -0.1) is 0 Å². The van der Waals surface area contributed by atoms with Crippen LogP contribution < -0.4 is 5.32 Å². The van der Waals surface area contributed by atoms with E-state index < -0.39 is 51.9 Å². The quantitative estimate of drug-likeness (QED) is 0.213. The first kappa shape index (κ1) is 32.9. The van der Waals surface area contributed by atoms with E-state index in [1.807, 2.05) is 44.2 Å². The van der Waals surface area contributed by atoms with E-state index in [4.69, 9.17) is 19.3 Å². The number of carboxylic acid groups (broad SMARTS) is 1. The highest BCUT2D eigenvalue weighted by atomic mass is 32.2. The summed E-state index contributed by atoms with van der Waals surface area (Å²) < 4.78 is 44.6. The molecule has 2 N–H and O–H groups in total. The van der Waals surface area contributed by atoms with Crippen molar-refractivity contribution in [2.45, 2.75) is 56.3 Å². The Kier molecular flexibility index (Phi) is 12.2. The van der Waals surface area contributed by atoms with Gasteiger partial charge < -0.3 is 24.6 Å². The topological polar surface area (TPSA) is 175 Å². The lowest BCUT2D eigenvalue weighted by Gasteiger charge is -2.27. The SMILES string of the molecule is CC(C)CN(CC[C@H](Cc1ccccc1)NC(=O)O[C@H]1CCO[C@@H]1COCC(=O)O)S(=O)(=O)c1ccc([N+](=O)[O-])cc1. The minimum atomic E-state index is -3.98. The summed E-state index contributed by atoms with van der Waals surface area (Å²) in [6.07, 6.45) is -0.839. The number of alkyl carbamates (subject to hydrolysis) is 1. The molecule has 230 valence electrons. The van der Waals surface area contributed by atoms with Gasteiger partial charge in [0.15, 0.2) is 0 Å². The van der Waals surface area contributed by atoms with Gasteiger partial charge in [-0.1, -0.05) is 44.2 Å². The van der Waals surface area contributed by atoms with Crippen LogP contribution in [0.15, 0.2) is 59.5 Å². The molecule has 42 heavy (non-hydrogen) atoms. The van der Waals surface area contributed by atoms with E-state index in [9.17, 15) is 28.1 Å². The zero-order valence-electron chi connectivity index (χ0n) is 23.6. The van der Waals surface area contributed by atoms with Crippen molar-refractivity contribution in [3.05, 3.63) is 70.3 Å². The molecule has 1 saturated heterocycles. The lowest BCUT2D eigenvalue weighted by molar-refractivity contribution is -0.384. The molecule has 0 saturated carbocycles. The third kappa shape index (κ3) is 10.0. The number of benzene rings is 2. The van der Waals surface area contributed by atoms with Crippen molar-refractivity contribution in [3.8, 4) is 0 Å². The molecule has 0 radical (unpaired) electrons. The number of aliphatic carboxylic acids is 1. The van der Waals surface area contributed by atoms with Crippen LogP contribution in [-0.2, 0) is 35.4 Å². The van der Waals surface area contributed by atoms with Crippen LogP contribution in [0, 0.1) is 16.0 Å². The van der Waals surface area contributed by atoms with Crippen LogP contribution in [0.3, 0.4) is 0 Å². The molecule has 0 bridgehead atoms. The number of carbonyl (C=O) groups excluding carboxylic acids is 1. The third-order valence-electron chi connectivity index (χ3n) is 6.54. The van der Waals surface area contributed by atoms with Crippen LogP contribution >= 0.6 is 0 Å². The molecule has 3 atom stereocenters. The fourth-order valence-electron chi connectivity index (χ4n) is 4.55. The van der Waals surface area contributed by atoms with Crippen molar-refractivity contribution >= 4 is 27.8 Å². The van der Waals surface area contributed by atoms with Gasteiger partial charge in [-0.2, -0.15) is 4.31 Å². The Morgan fingerprint density at radius 2 is 1.86 bits per heavy atom. The largest absolute Gasteiger partial charge is 0.480 e. The maximum Gasteiger partial charge on any atom is 0.407 e. The van der Waals surface area contributed by atoms with Gasteiger partial charge in [-0.05, 0) is 36.5 Å². The molecule has 0 spiro atoms. The first-order valence-electron chi connectivity index (χ1n) is 13.6. The number of non-ortho nitro benzene ring substituents is 1. The Morgan fingerprint density at radius 3 is 2.48 bits per heavy atom. The second kappa shape index (κ2) is 15.6. The highest BCUT2D eigenvalue weighted by Gasteiger charge is 2.33. The highest BCUT2D eigenvalue weighted by Crippen LogP contribution is 2.22. The molecule has 1 aliphatic heterocycles. The van der Waals surface area contributed by atoms with Crippen molar-refractivity contribution < 1.29 is 42.2 Å². The molecule has 1 amide bonds. The normalized spacial score (nSPS) is 17.7. The maximum absolute atomic E-state index is 13.5. The van der Waals surface area contributed by atoms with Gasteiger partial charge in [-0.25, -0.2) is 18.0 Å². The number of nitro benzene ring substituents is 1. The summed E-state index contributed by atoms with van der Waals surface area (Å²) in [5, 5.41) is 22.7. The summed E-state index contributed by atoms with van der Waals surface area (Å²) in [4.78, 5) is 34.0. The van der Waals surface area contributed by atoms with Crippen molar-refractivity contribution in [3.63, 3.8) is 0 Å². The number of nitrogens with one attached hydrogen (secondary N) is 1. The standard InChI is InChI=1S/C28H37N3O10S/c1-20(2)17-30(42(37,38)24-10-8-23(9-11-24)31(35)36)14-12-22(16-21-6-4-3-5-7-21)29-28(34)41-25-13-15-40-26(25)18-39-19-27(32)33/h3-11,20,22,25-26H,12-19H2,1-2H3,(H,29,34)(H,32,33)/t22-,25+,26-/m1/s1. The Labute approximate surface area is 245 Å². The van der Waals surface area contributed by atoms with Crippen LogP contribution in [-0.4, -0.2) is 86.0 Å². The van der Waals surface area contributed by atoms with E-state index in [1.54, 1.807) is 0 Å². The molecule has 0 unspecified atom stereocenters. The molecular weight excluding hydrogens is 570 g/mol. The summed E-state index contributed by atoms with van der Waals surface area (Å²) in [6, 6.07) is 13.7. The molecule has 14 heteroatoms. The van der Waals surface area contributed by atoms with E-state index in [0.29, 0.717) is 19.4 Å². The maximum atomic E-state index is 13.5. The van der Waals surface area contributed by atoms with E-state index >= 15 is 0 Å². The van der Waals surface area contributed by atoms with Crippen LogP contribution in [0.1, 0.15) is 32.3 Å². The van der Waals surface area contributed by atoms with Gasteiger partial charge in [0.25, 0.3) is 5.69 Å². The Morgan fingerprint density at radius 1 is 1.17 bits per heavy atom. The van der Waals surface area contributed by atoms with Crippen molar-refractivity contribution in [2.75, 3.05) is 32.9 Å². The Balaban J connectivity index is 1.72. The van der Waals surface area contributed by atoms with Gasteiger partial charge >= 0.3 is 12.1 Å². The van der Waals surface area contributed by atoms with Crippen LogP contribution in [0.5, 0.6) is 0 Å². The Hall–Kier alpha value is -3.59. The number of carbonyl (C=O) groups is 2. The number of amides is 1. The molecule has 1 fully saturated rings. The molecular formula is C28H37N3O10S. The van der Waals surface area contributed by atoms with E-state index in [-0.39, 0.29) is 42.6 Å². The number of hydrogen-bond donors (Lipinski definition) is 2. The second-order valence-electron chi connectivity index (χ2n) is 10.4. The average molecular weight is 608 g/mol. The van der Waals surface area contributed by atoms with Gasteiger partial charge in [0.2, 0.25) is 10.0 Å². The van der Waals surface area contributed by atoms with Crippen molar-refractivity contribution in [1.82, 2.24) is 9.62 Å². The third-order valence-corrected chi connectivity index (χ3v) is 8.42. The molecule has 13 nitrogen and oxygen atoms in total. The summed E-state index contributed by atoms with van der Waals surface area (Å²) in [6.45, 7) is 3.85. The van der Waals surface area contributed by atoms with Gasteiger partial charge in [0.05, 0.1) is 23.0 Å². The fraction of sp³-hybridized carbons (Fsp3) is 0.500. The van der Waals surface area contributed by atoms with E-state index in [0.717, 1.165) is 17.7 Å². The van der Waals surface area contributed by atoms with Crippen molar-refractivity contribution in [1.29, 1.82) is 0 Å². The summed E-state index contributed by atoms with van der Waals surface area (Å²) in [5.74, 6) is -1.12. The van der Waals surface area contributed by atoms with Crippen LogP contribution in [0.25, 0.3) is 0 Å². The van der Waals surface area contributed by atoms with E-state index in [1.165, 1.54) is 16.4 Å². The van der Waals surface area contributed by atoms with E-state index in [2.05, 4.69) is 5.32 Å². The number of carboxylic acids is 1. The summed E-state index contributed by atoms with van der Waals surface area (Å²) in [7, 11) is -3.98. The van der Waals surface area contributed by atoms with Crippen LogP contribution in [0.2, 0.25) is 0 Å². The minimum Gasteiger partial charge on any atom is -0.480 e. The van der Waals surface area contributed by atoms with Gasteiger partial charge in [0, 0.05) is 37.7 Å². The summed E-state index contributed by atoms with van der Waals surface area (Å²) in [5.41, 5.74) is 0.721. The monoisotopic (exact) mass is 607 g/mol. The number of nitrogens with zero attached hydrogens (tertiary/aromatic N) is 2. The highest BCUT2D eigenvalue weighted by molar-refractivity contribution is 7.89. The number of rotatable bonds is 16. The predicted molar refractivity (Wildman–Crippen MR) is 151 cm³/mol. The Bertz CT molecular complexity index is 1290.